The Morgan fingerprint density at radius 3 is 2.72 bits per heavy atom. The van der Waals surface area contributed by atoms with E-state index in [9.17, 15) is 8.42 Å². The number of hydrogen-bond acceptors (Lipinski definition) is 7. The van der Waals surface area contributed by atoms with Crippen LogP contribution in [0.1, 0.15) is 12.0 Å². The normalized spacial score (nSPS) is 13.9. The second kappa shape index (κ2) is 9.63. The summed E-state index contributed by atoms with van der Waals surface area (Å²) in [7, 11) is -0.247. The molecule has 0 bridgehead atoms. The van der Waals surface area contributed by atoms with Gasteiger partial charge in [0.1, 0.15) is 5.75 Å². The lowest BCUT2D eigenvalue weighted by atomic mass is 9.99. The zero-order valence-electron chi connectivity index (χ0n) is 20.4. The van der Waals surface area contributed by atoms with Crippen molar-refractivity contribution in [1.29, 1.82) is 0 Å². The van der Waals surface area contributed by atoms with Crippen molar-refractivity contribution >= 4 is 38.4 Å². The van der Waals surface area contributed by atoms with E-state index in [2.05, 4.69) is 27.8 Å². The lowest BCUT2D eigenvalue weighted by Gasteiger charge is -2.20. The van der Waals surface area contributed by atoms with Gasteiger partial charge in [0, 0.05) is 19.2 Å². The van der Waals surface area contributed by atoms with Crippen molar-refractivity contribution in [1.82, 2.24) is 19.9 Å². The quantitative estimate of drug-likeness (QED) is 0.393. The predicted octanol–water partition coefficient (Wildman–Crippen LogP) is 3.92. The Balaban J connectivity index is 1.51. The van der Waals surface area contributed by atoms with E-state index >= 15 is 0 Å². The van der Waals surface area contributed by atoms with Gasteiger partial charge in [-0.15, -0.1) is 5.10 Å². The second-order valence-corrected chi connectivity index (χ2v) is 10.6. The van der Waals surface area contributed by atoms with Crippen molar-refractivity contribution in [2.24, 2.45) is 0 Å². The lowest BCUT2D eigenvalue weighted by molar-refractivity contribution is 0.416. The van der Waals surface area contributed by atoms with Gasteiger partial charge in [-0.25, -0.2) is 17.9 Å². The van der Waals surface area contributed by atoms with Gasteiger partial charge in [0.25, 0.3) is 0 Å². The Bertz CT molecular complexity index is 1560. The van der Waals surface area contributed by atoms with E-state index in [0.29, 0.717) is 17.4 Å². The highest BCUT2D eigenvalue weighted by atomic mass is 32.2. The fourth-order valence-corrected chi connectivity index (χ4v) is 4.82. The molecule has 0 radical (unpaired) electrons. The van der Waals surface area contributed by atoms with Crippen LogP contribution in [0.25, 0.3) is 22.3 Å². The molecule has 0 unspecified atom stereocenters. The van der Waals surface area contributed by atoms with E-state index in [1.54, 1.807) is 30.9 Å². The monoisotopic (exact) mass is 504 g/mol. The first kappa shape index (κ1) is 23.8. The van der Waals surface area contributed by atoms with Crippen LogP contribution in [0.3, 0.4) is 0 Å². The van der Waals surface area contributed by atoms with Gasteiger partial charge >= 0.3 is 0 Å². The summed E-state index contributed by atoms with van der Waals surface area (Å²) < 4.78 is 33.1. The molecule has 9 nitrogen and oxygen atoms in total. The van der Waals surface area contributed by atoms with Crippen molar-refractivity contribution in [2.75, 3.05) is 43.1 Å². The molecule has 1 aliphatic heterocycles. The van der Waals surface area contributed by atoms with E-state index < -0.39 is 10.0 Å². The van der Waals surface area contributed by atoms with Crippen molar-refractivity contribution in [3.8, 4) is 17.0 Å². The highest BCUT2D eigenvalue weighted by molar-refractivity contribution is 7.92. The van der Waals surface area contributed by atoms with Gasteiger partial charge in [-0.3, -0.25) is 4.31 Å². The number of fused-ring (bicyclic) bond motifs is 1. The molecule has 0 saturated heterocycles. The number of nitrogens with one attached hydrogen (secondary N) is 2. The molecule has 0 amide bonds. The Hall–Kier alpha value is -3.89. The maximum Gasteiger partial charge on any atom is 0.245 e. The highest BCUT2D eigenvalue weighted by Gasteiger charge is 2.19. The van der Waals surface area contributed by atoms with Gasteiger partial charge in [0.2, 0.25) is 16.0 Å². The molecule has 186 valence electrons. The van der Waals surface area contributed by atoms with Crippen molar-refractivity contribution in [3.63, 3.8) is 0 Å². The van der Waals surface area contributed by atoms with Crippen LogP contribution in [-0.4, -0.2) is 56.5 Å². The minimum Gasteiger partial charge on any atom is -0.495 e. The third-order valence-corrected chi connectivity index (χ3v) is 7.49. The molecule has 0 atom stereocenters. The van der Waals surface area contributed by atoms with E-state index in [1.165, 1.54) is 16.1 Å². The van der Waals surface area contributed by atoms with Crippen LogP contribution in [0.4, 0.5) is 17.3 Å². The first-order valence-electron chi connectivity index (χ1n) is 11.6. The molecule has 3 heterocycles. The van der Waals surface area contributed by atoms with E-state index in [1.807, 2.05) is 42.5 Å². The van der Waals surface area contributed by atoms with Gasteiger partial charge in [0.15, 0.2) is 0 Å². The smallest absolute Gasteiger partial charge is 0.245 e. The number of nitrogens with zero attached hydrogens (tertiary/aromatic N) is 4. The van der Waals surface area contributed by atoms with Gasteiger partial charge in [-0.1, -0.05) is 30.3 Å². The molecule has 0 saturated carbocycles. The molecule has 36 heavy (non-hydrogen) atoms. The third kappa shape index (κ3) is 4.65. The van der Waals surface area contributed by atoms with Gasteiger partial charge in [0.05, 0.1) is 42.1 Å². The fraction of sp³-hybridized carbons (Fsp3) is 0.231. The number of benzene rings is 2. The molecule has 0 spiro atoms. The maximum absolute atomic E-state index is 12.2. The van der Waals surface area contributed by atoms with Crippen LogP contribution in [0.15, 0.2) is 66.9 Å². The Morgan fingerprint density at radius 2 is 1.97 bits per heavy atom. The minimum absolute atomic E-state index is 0.390. The molecule has 2 N–H and O–H groups in total. The van der Waals surface area contributed by atoms with Crippen LogP contribution in [-0.2, 0) is 10.0 Å². The highest BCUT2D eigenvalue weighted by Crippen LogP contribution is 2.34. The van der Waals surface area contributed by atoms with Crippen LogP contribution in [0, 0.1) is 0 Å². The second-order valence-electron chi connectivity index (χ2n) is 8.61. The molecule has 1 aliphatic rings. The first-order valence-corrected chi connectivity index (χ1v) is 13.4. The number of methoxy groups -OCH3 is 1. The number of para-hydroxylation sites is 1. The van der Waals surface area contributed by atoms with Crippen LogP contribution in [0.2, 0.25) is 0 Å². The molecule has 2 aromatic carbocycles. The van der Waals surface area contributed by atoms with Gasteiger partial charge < -0.3 is 15.4 Å². The molecule has 0 fully saturated rings. The SMILES string of the molecule is COc1cc(C2=CCNCC2)ccc1Nc1ncc2ccc(-c3ccccc3N(C)S(C)(=O)=O)n2n1. The van der Waals surface area contributed by atoms with Gasteiger partial charge in [-0.2, -0.15) is 0 Å². The van der Waals surface area contributed by atoms with E-state index in [0.717, 1.165) is 47.5 Å². The van der Waals surface area contributed by atoms with Crippen LogP contribution >= 0.6 is 0 Å². The standard InChI is InChI=1S/C26H28N6O3S/c1-31(36(3,33)34)23-7-5-4-6-21(23)24-11-9-20-17-28-26(30-32(20)24)29-22-10-8-19(16-25(22)35-2)18-12-14-27-15-13-18/h4-12,16-17,27H,13-15H2,1-3H3,(H,29,30). The molecule has 2 aromatic heterocycles. The summed E-state index contributed by atoms with van der Waals surface area (Å²) >= 11 is 0. The van der Waals surface area contributed by atoms with Crippen LogP contribution in [0.5, 0.6) is 5.75 Å². The number of rotatable bonds is 7. The molecule has 4 aromatic rings. The third-order valence-electron chi connectivity index (χ3n) is 6.30. The summed E-state index contributed by atoms with van der Waals surface area (Å²) in [6, 6.07) is 17.2. The predicted molar refractivity (Wildman–Crippen MR) is 143 cm³/mol. The average Bonchev–Trinajstić information content (AvgIpc) is 3.31. The number of hydrogen-bond donors (Lipinski definition) is 2. The molecular weight excluding hydrogens is 476 g/mol. The minimum atomic E-state index is -3.43. The summed E-state index contributed by atoms with van der Waals surface area (Å²) in [6.45, 7) is 1.83. The Morgan fingerprint density at radius 1 is 1.14 bits per heavy atom. The summed E-state index contributed by atoms with van der Waals surface area (Å²) in [5.41, 5.74) is 6.03. The van der Waals surface area contributed by atoms with Crippen molar-refractivity contribution in [2.45, 2.75) is 6.42 Å². The van der Waals surface area contributed by atoms with E-state index in [-0.39, 0.29) is 0 Å². The average molecular weight is 505 g/mol. The Kier molecular flexibility index (Phi) is 6.38. The summed E-state index contributed by atoms with van der Waals surface area (Å²) in [6.07, 6.45) is 6.09. The topological polar surface area (TPSA) is 101 Å². The molecule has 10 heteroatoms. The molecule has 0 aliphatic carbocycles. The Labute approximate surface area is 210 Å². The van der Waals surface area contributed by atoms with E-state index in [4.69, 9.17) is 9.84 Å². The number of anilines is 3. The van der Waals surface area contributed by atoms with Crippen LogP contribution < -0.4 is 19.7 Å². The van der Waals surface area contributed by atoms with Crippen molar-refractivity contribution < 1.29 is 13.2 Å². The van der Waals surface area contributed by atoms with Gasteiger partial charge in [-0.05, 0) is 54.4 Å². The maximum atomic E-state index is 12.2. The molecular formula is C26H28N6O3S. The number of aromatic nitrogens is 3. The summed E-state index contributed by atoms with van der Waals surface area (Å²) in [4.78, 5) is 4.47. The van der Waals surface area contributed by atoms with Crippen molar-refractivity contribution in [3.05, 3.63) is 72.4 Å². The zero-order chi connectivity index (χ0) is 25.3. The number of sulfonamides is 1. The first-order chi connectivity index (χ1) is 17.3. The summed E-state index contributed by atoms with van der Waals surface area (Å²) in [5.74, 6) is 1.09. The zero-order valence-corrected chi connectivity index (χ0v) is 21.2. The number of ether oxygens (including phenoxy) is 1. The fourth-order valence-electron chi connectivity index (χ4n) is 4.31. The lowest BCUT2D eigenvalue weighted by Crippen LogP contribution is -2.25. The largest absolute Gasteiger partial charge is 0.495 e. The molecule has 5 rings (SSSR count). The summed E-state index contributed by atoms with van der Waals surface area (Å²) in [5, 5.41) is 11.3.